The molecule has 108 valence electrons. The lowest BCUT2D eigenvalue weighted by atomic mass is 10.2. The largest absolute Gasteiger partial charge is 0.385 e. The van der Waals surface area contributed by atoms with Crippen molar-refractivity contribution in [3.8, 4) is 0 Å². The van der Waals surface area contributed by atoms with Gasteiger partial charge < -0.3 is 15.0 Å². The van der Waals surface area contributed by atoms with Crippen LogP contribution in [-0.2, 0) is 11.3 Å². The molecule has 19 heavy (non-hydrogen) atoms. The summed E-state index contributed by atoms with van der Waals surface area (Å²) in [5.41, 5.74) is 2.53. The van der Waals surface area contributed by atoms with Crippen molar-refractivity contribution in [1.29, 1.82) is 0 Å². The number of ether oxygens (including phenoxy) is 1. The number of nitrogens with one attached hydrogen (secondary N) is 1. The van der Waals surface area contributed by atoms with E-state index in [1.807, 2.05) is 0 Å². The van der Waals surface area contributed by atoms with Gasteiger partial charge in [0, 0.05) is 50.1 Å². The van der Waals surface area contributed by atoms with E-state index >= 15 is 0 Å². The molecule has 0 radical (unpaired) electrons. The maximum absolute atomic E-state index is 5.08. The maximum atomic E-state index is 5.08. The Morgan fingerprint density at radius 3 is 2.68 bits per heavy atom. The molecule has 0 unspecified atom stereocenters. The van der Waals surface area contributed by atoms with Crippen LogP contribution in [0.4, 0.5) is 5.69 Å². The fraction of sp³-hybridized carbons (Fsp3) is 0.600. The predicted octanol–water partition coefficient (Wildman–Crippen LogP) is 3.42. The van der Waals surface area contributed by atoms with Gasteiger partial charge in [0.1, 0.15) is 0 Å². The summed E-state index contributed by atoms with van der Waals surface area (Å²) < 4.78 is 6.24. The molecule has 3 nitrogen and oxygen atoms in total. The number of halogens is 1. The van der Waals surface area contributed by atoms with Gasteiger partial charge in [-0.2, -0.15) is 0 Å². The predicted molar refractivity (Wildman–Crippen MR) is 85.9 cm³/mol. The minimum absolute atomic E-state index is 0.503. The second-order valence-electron chi connectivity index (χ2n) is 5.08. The van der Waals surface area contributed by atoms with Crippen molar-refractivity contribution in [2.75, 3.05) is 32.2 Å². The van der Waals surface area contributed by atoms with Gasteiger partial charge in [0.2, 0.25) is 0 Å². The molecule has 0 saturated carbocycles. The van der Waals surface area contributed by atoms with Crippen molar-refractivity contribution in [2.24, 2.45) is 0 Å². The Hall–Kier alpha value is -0.580. The summed E-state index contributed by atoms with van der Waals surface area (Å²) in [6.45, 7) is 7.02. The lowest BCUT2D eigenvalue weighted by Gasteiger charge is -2.20. The zero-order chi connectivity index (χ0) is 14.3. The van der Waals surface area contributed by atoms with Crippen molar-refractivity contribution < 1.29 is 4.74 Å². The molecule has 1 aromatic carbocycles. The molecule has 0 atom stereocenters. The average Bonchev–Trinajstić information content (AvgIpc) is 2.37. The molecule has 1 rings (SSSR count). The van der Waals surface area contributed by atoms with Gasteiger partial charge in [-0.1, -0.05) is 35.8 Å². The molecule has 4 heteroatoms. The molecule has 0 fully saturated rings. The highest BCUT2D eigenvalue weighted by molar-refractivity contribution is 9.10. The fourth-order valence-corrected chi connectivity index (χ4v) is 2.31. The average molecular weight is 329 g/mol. The van der Waals surface area contributed by atoms with Crippen molar-refractivity contribution in [3.63, 3.8) is 0 Å². The van der Waals surface area contributed by atoms with Gasteiger partial charge in [-0.15, -0.1) is 0 Å². The first kappa shape index (κ1) is 16.5. The van der Waals surface area contributed by atoms with E-state index in [9.17, 15) is 0 Å². The van der Waals surface area contributed by atoms with Crippen LogP contribution in [0.25, 0.3) is 0 Å². The minimum atomic E-state index is 0.503. The number of methoxy groups -OCH3 is 1. The smallest absolute Gasteiger partial charge is 0.0479 e. The fourth-order valence-electron chi connectivity index (χ4n) is 1.81. The molecule has 0 aliphatic carbocycles. The van der Waals surface area contributed by atoms with E-state index in [4.69, 9.17) is 4.74 Å². The van der Waals surface area contributed by atoms with E-state index in [-0.39, 0.29) is 0 Å². The van der Waals surface area contributed by atoms with Crippen LogP contribution in [-0.4, -0.2) is 33.4 Å². The van der Waals surface area contributed by atoms with Crippen molar-refractivity contribution in [3.05, 3.63) is 28.2 Å². The van der Waals surface area contributed by atoms with E-state index in [1.165, 1.54) is 11.3 Å². The molecule has 1 aromatic rings. The lowest BCUT2D eigenvalue weighted by Crippen LogP contribution is -2.22. The third-order valence-corrected chi connectivity index (χ3v) is 3.76. The van der Waals surface area contributed by atoms with Crippen molar-refractivity contribution in [1.82, 2.24) is 5.32 Å². The lowest BCUT2D eigenvalue weighted by molar-refractivity contribution is 0.196. The molecular formula is C15H25BrN2O. The topological polar surface area (TPSA) is 24.5 Å². The number of nitrogens with zero attached hydrogens (tertiary/aromatic N) is 1. The Labute approximate surface area is 125 Å². The van der Waals surface area contributed by atoms with Crippen LogP contribution in [0.1, 0.15) is 25.8 Å². The first-order valence-corrected chi connectivity index (χ1v) is 7.55. The Morgan fingerprint density at radius 2 is 2.11 bits per heavy atom. The molecule has 0 heterocycles. The van der Waals surface area contributed by atoms with Gasteiger partial charge in [-0.25, -0.2) is 0 Å². The first-order chi connectivity index (χ1) is 9.04. The van der Waals surface area contributed by atoms with Crippen LogP contribution >= 0.6 is 15.9 Å². The van der Waals surface area contributed by atoms with Crippen LogP contribution in [0.3, 0.4) is 0 Å². The molecule has 0 aliphatic heterocycles. The maximum Gasteiger partial charge on any atom is 0.0479 e. The highest BCUT2D eigenvalue weighted by atomic mass is 79.9. The molecular weight excluding hydrogens is 304 g/mol. The van der Waals surface area contributed by atoms with E-state index in [1.54, 1.807) is 7.11 Å². The molecule has 0 amide bonds. The van der Waals surface area contributed by atoms with Crippen LogP contribution in [0.2, 0.25) is 0 Å². The molecule has 0 bridgehead atoms. The third kappa shape index (κ3) is 5.93. The number of anilines is 1. The standard InChI is InChI=1S/C15H25BrN2O/c1-12(2)17-11-13-6-7-14(10-15(13)16)18(3)8-5-9-19-4/h6-7,10,12,17H,5,8-9,11H2,1-4H3. The second-order valence-corrected chi connectivity index (χ2v) is 5.93. The second kappa shape index (κ2) is 8.56. The Kier molecular flexibility index (Phi) is 7.42. The number of hydrogen-bond donors (Lipinski definition) is 1. The van der Waals surface area contributed by atoms with Gasteiger partial charge in [-0.3, -0.25) is 0 Å². The van der Waals surface area contributed by atoms with Gasteiger partial charge in [0.15, 0.2) is 0 Å². The molecule has 0 spiro atoms. The normalized spacial score (nSPS) is 11.1. The summed E-state index contributed by atoms with van der Waals surface area (Å²) in [5, 5.41) is 3.43. The van der Waals surface area contributed by atoms with Gasteiger partial charge >= 0.3 is 0 Å². The van der Waals surface area contributed by atoms with Crippen LogP contribution in [0.15, 0.2) is 22.7 Å². The number of rotatable bonds is 8. The van der Waals surface area contributed by atoms with Crippen LogP contribution in [0, 0.1) is 0 Å². The summed E-state index contributed by atoms with van der Waals surface area (Å²) >= 11 is 3.66. The molecule has 0 aliphatic rings. The number of benzene rings is 1. The van der Waals surface area contributed by atoms with Gasteiger partial charge in [-0.05, 0) is 24.1 Å². The molecule has 0 aromatic heterocycles. The molecule has 1 N–H and O–H groups in total. The molecule has 0 saturated heterocycles. The Morgan fingerprint density at radius 1 is 1.37 bits per heavy atom. The summed E-state index contributed by atoms with van der Waals surface area (Å²) in [6, 6.07) is 7.05. The van der Waals surface area contributed by atoms with Crippen molar-refractivity contribution >= 4 is 21.6 Å². The third-order valence-electron chi connectivity index (χ3n) is 3.02. The zero-order valence-corrected chi connectivity index (χ0v) is 14.0. The van der Waals surface area contributed by atoms with E-state index in [0.29, 0.717) is 6.04 Å². The van der Waals surface area contributed by atoms with Gasteiger partial charge in [0.25, 0.3) is 0 Å². The monoisotopic (exact) mass is 328 g/mol. The Bertz CT molecular complexity index is 382. The summed E-state index contributed by atoms with van der Waals surface area (Å²) in [4.78, 5) is 2.25. The highest BCUT2D eigenvalue weighted by Gasteiger charge is 2.05. The number of hydrogen-bond acceptors (Lipinski definition) is 3. The summed E-state index contributed by atoms with van der Waals surface area (Å²) in [7, 11) is 3.86. The van der Waals surface area contributed by atoms with Crippen molar-refractivity contribution in [2.45, 2.75) is 32.9 Å². The first-order valence-electron chi connectivity index (χ1n) is 6.76. The van der Waals surface area contributed by atoms with E-state index in [0.717, 1.165) is 30.6 Å². The summed E-state index contributed by atoms with van der Waals surface area (Å²) in [5.74, 6) is 0. The van der Waals surface area contributed by atoms with Crippen LogP contribution in [0.5, 0.6) is 0 Å². The van der Waals surface area contributed by atoms with Gasteiger partial charge in [0.05, 0.1) is 0 Å². The van der Waals surface area contributed by atoms with Crippen LogP contribution < -0.4 is 10.2 Å². The van der Waals surface area contributed by atoms with E-state index in [2.05, 4.69) is 65.2 Å². The SMILES string of the molecule is COCCCN(C)c1ccc(CNC(C)C)c(Br)c1. The van der Waals surface area contributed by atoms with E-state index < -0.39 is 0 Å². The highest BCUT2D eigenvalue weighted by Crippen LogP contribution is 2.23. The zero-order valence-electron chi connectivity index (χ0n) is 12.4. The minimum Gasteiger partial charge on any atom is -0.385 e. The quantitative estimate of drug-likeness (QED) is 0.740. The summed E-state index contributed by atoms with van der Waals surface area (Å²) in [6.07, 6.45) is 1.04. The Balaban J connectivity index is 2.59.